The van der Waals surface area contributed by atoms with Crippen molar-refractivity contribution < 1.29 is 18.4 Å². The van der Waals surface area contributed by atoms with Crippen LogP contribution in [0, 0.1) is 18.6 Å². The molecule has 126 valence electrons. The molecule has 0 radical (unpaired) electrons. The van der Waals surface area contributed by atoms with Crippen LogP contribution in [0.4, 0.5) is 25.8 Å². The van der Waals surface area contributed by atoms with Gasteiger partial charge in [0.15, 0.2) is 11.6 Å². The van der Waals surface area contributed by atoms with Gasteiger partial charge in [-0.15, -0.1) is 0 Å². The van der Waals surface area contributed by atoms with Gasteiger partial charge >= 0.3 is 0 Å². The topological polar surface area (TPSA) is 70.2 Å². The summed E-state index contributed by atoms with van der Waals surface area (Å²) < 4.78 is 26.7. The summed E-state index contributed by atoms with van der Waals surface area (Å²) in [5.74, 6) is -2.97. The van der Waals surface area contributed by atoms with Crippen LogP contribution in [0.15, 0.2) is 36.4 Å². The third kappa shape index (κ3) is 4.77. The standard InChI is InChI=1S/C17H17F2N3O2/c1-10-3-5-12(6-4-10)22-17(24)9-20-15-7-13(18)14(19)8-16(15)21-11(2)23/h3-8,20H,9H2,1-2H3,(H,21,23)(H,22,24). The number of anilines is 3. The van der Waals surface area contributed by atoms with E-state index in [-0.39, 0.29) is 23.8 Å². The molecule has 2 amide bonds. The lowest BCUT2D eigenvalue weighted by atomic mass is 10.2. The maximum atomic E-state index is 13.4. The molecule has 2 rings (SSSR count). The van der Waals surface area contributed by atoms with Crippen LogP contribution in [-0.4, -0.2) is 18.4 Å². The van der Waals surface area contributed by atoms with Gasteiger partial charge in [0.05, 0.1) is 17.9 Å². The second-order valence-electron chi connectivity index (χ2n) is 5.26. The van der Waals surface area contributed by atoms with E-state index in [2.05, 4.69) is 16.0 Å². The average molecular weight is 333 g/mol. The molecular formula is C17H17F2N3O2. The van der Waals surface area contributed by atoms with Crippen LogP contribution in [0.2, 0.25) is 0 Å². The summed E-state index contributed by atoms with van der Waals surface area (Å²) in [6.07, 6.45) is 0. The SMILES string of the molecule is CC(=O)Nc1cc(F)c(F)cc1NCC(=O)Nc1ccc(C)cc1. The molecule has 0 atom stereocenters. The molecule has 3 N–H and O–H groups in total. The van der Waals surface area contributed by atoms with Crippen molar-refractivity contribution in [2.75, 3.05) is 22.5 Å². The molecule has 0 heterocycles. The first kappa shape index (κ1) is 17.4. The quantitative estimate of drug-likeness (QED) is 0.786. The van der Waals surface area contributed by atoms with Gasteiger partial charge in [-0.3, -0.25) is 9.59 Å². The zero-order valence-electron chi connectivity index (χ0n) is 13.2. The second-order valence-corrected chi connectivity index (χ2v) is 5.26. The van der Waals surface area contributed by atoms with Crippen molar-refractivity contribution in [3.8, 4) is 0 Å². The highest BCUT2D eigenvalue weighted by atomic mass is 19.2. The fourth-order valence-electron chi connectivity index (χ4n) is 2.00. The van der Waals surface area contributed by atoms with Gasteiger partial charge in [0, 0.05) is 24.7 Å². The highest BCUT2D eigenvalue weighted by Crippen LogP contribution is 2.25. The van der Waals surface area contributed by atoms with E-state index >= 15 is 0 Å². The summed E-state index contributed by atoms with van der Waals surface area (Å²) >= 11 is 0. The lowest BCUT2D eigenvalue weighted by molar-refractivity contribution is -0.115. The molecule has 0 saturated heterocycles. The number of halogens is 2. The van der Waals surface area contributed by atoms with Gasteiger partial charge in [-0.05, 0) is 19.1 Å². The Morgan fingerprint density at radius 3 is 2.12 bits per heavy atom. The highest BCUT2D eigenvalue weighted by molar-refractivity contribution is 5.96. The largest absolute Gasteiger partial charge is 0.374 e. The number of aryl methyl sites for hydroxylation is 1. The zero-order chi connectivity index (χ0) is 17.7. The maximum Gasteiger partial charge on any atom is 0.243 e. The summed E-state index contributed by atoms with van der Waals surface area (Å²) in [7, 11) is 0. The van der Waals surface area contributed by atoms with Crippen molar-refractivity contribution >= 4 is 28.9 Å². The number of carbonyl (C=O) groups is 2. The molecule has 0 bridgehead atoms. The summed E-state index contributed by atoms with van der Waals surface area (Å²) in [6, 6.07) is 8.97. The predicted molar refractivity (Wildman–Crippen MR) is 89.0 cm³/mol. The molecule has 2 aromatic carbocycles. The first-order valence-electron chi connectivity index (χ1n) is 7.22. The van der Waals surface area contributed by atoms with Crippen LogP contribution >= 0.6 is 0 Å². The third-order valence-corrected chi connectivity index (χ3v) is 3.15. The molecule has 0 aliphatic rings. The van der Waals surface area contributed by atoms with Gasteiger partial charge in [0.1, 0.15) is 0 Å². The van der Waals surface area contributed by atoms with Crippen LogP contribution in [0.1, 0.15) is 12.5 Å². The maximum absolute atomic E-state index is 13.4. The van der Waals surface area contributed by atoms with Crippen molar-refractivity contribution in [1.29, 1.82) is 0 Å². The number of rotatable bonds is 5. The van der Waals surface area contributed by atoms with Gasteiger partial charge in [0.2, 0.25) is 11.8 Å². The minimum atomic E-state index is -1.09. The Morgan fingerprint density at radius 1 is 0.958 bits per heavy atom. The minimum Gasteiger partial charge on any atom is -0.374 e. The van der Waals surface area contributed by atoms with Crippen LogP contribution < -0.4 is 16.0 Å². The van der Waals surface area contributed by atoms with E-state index in [1.54, 1.807) is 12.1 Å². The van der Waals surface area contributed by atoms with E-state index in [0.29, 0.717) is 5.69 Å². The van der Waals surface area contributed by atoms with Crippen molar-refractivity contribution in [2.45, 2.75) is 13.8 Å². The van der Waals surface area contributed by atoms with Crippen molar-refractivity contribution in [2.24, 2.45) is 0 Å². The highest BCUT2D eigenvalue weighted by Gasteiger charge is 2.12. The van der Waals surface area contributed by atoms with E-state index in [0.717, 1.165) is 17.7 Å². The van der Waals surface area contributed by atoms with Gasteiger partial charge in [-0.2, -0.15) is 0 Å². The number of hydrogen-bond acceptors (Lipinski definition) is 3. The molecule has 0 aromatic heterocycles. The minimum absolute atomic E-state index is 0.0598. The van der Waals surface area contributed by atoms with E-state index in [1.807, 2.05) is 19.1 Å². The van der Waals surface area contributed by atoms with E-state index in [9.17, 15) is 18.4 Å². The summed E-state index contributed by atoms with van der Waals surface area (Å²) in [5, 5.41) is 7.73. The molecule has 0 fully saturated rings. The Balaban J connectivity index is 2.04. The van der Waals surface area contributed by atoms with Crippen molar-refractivity contribution in [3.05, 3.63) is 53.6 Å². The Morgan fingerprint density at radius 2 is 1.54 bits per heavy atom. The number of hydrogen-bond donors (Lipinski definition) is 3. The fraction of sp³-hybridized carbons (Fsp3) is 0.176. The molecule has 0 aliphatic heterocycles. The van der Waals surface area contributed by atoms with Gasteiger partial charge in [-0.25, -0.2) is 8.78 Å². The van der Waals surface area contributed by atoms with E-state index in [4.69, 9.17) is 0 Å². The predicted octanol–water partition coefficient (Wildman–Crippen LogP) is 3.28. The Hall–Kier alpha value is -2.96. The van der Waals surface area contributed by atoms with Gasteiger partial charge in [0.25, 0.3) is 0 Å². The number of benzene rings is 2. The lowest BCUT2D eigenvalue weighted by Crippen LogP contribution is -2.22. The van der Waals surface area contributed by atoms with Crippen LogP contribution in [-0.2, 0) is 9.59 Å². The van der Waals surface area contributed by atoms with E-state index < -0.39 is 17.5 Å². The molecule has 2 aromatic rings. The lowest BCUT2D eigenvalue weighted by Gasteiger charge is -2.13. The van der Waals surface area contributed by atoms with Crippen molar-refractivity contribution in [1.82, 2.24) is 0 Å². The molecule has 24 heavy (non-hydrogen) atoms. The van der Waals surface area contributed by atoms with Crippen LogP contribution in [0.3, 0.4) is 0 Å². The Bertz CT molecular complexity index is 761. The summed E-state index contributed by atoms with van der Waals surface area (Å²) in [6.45, 7) is 3.00. The third-order valence-electron chi connectivity index (χ3n) is 3.15. The van der Waals surface area contributed by atoms with Crippen LogP contribution in [0.25, 0.3) is 0 Å². The Labute approximate surface area is 138 Å². The molecule has 7 heteroatoms. The average Bonchev–Trinajstić information content (AvgIpc) is 2.51. The summed E-state index contributed by atoms with van der Waals surface area (Å²) in [5.41, 5.74) is 1.86. The monoisotopic (exact) mass is 333 g/mol. The normalized spacial score (nSPS) is 10.2. The summed E-state index contributed by atoms with van der Waals surface area (Å²) in [4.78, 5) is 23.1. The molecule has 5 nitrogen and oxygen atoms in total. The number of carbonyl (C=O) groups excluding carboxylic acids is 2. The van der Waals surface area contributed by atoms with Gasteiger partial charge in [-0.1, -0.05) is 17.7 Å². The van der Waals surface area contributed by atoms with E-state index in [1.165, 1.54) is 6.92 Å². The molecule has 0 spiro atoms. The smallest absolute Gasteiger partial charge is 0.243 e. The van der Waals surface area contributed by atoms with Gasteiger partial charge < -0.3 is 16.0 Å². The molecular weight excluding hydrogens is 316 g/mol. The van der Waals surface area contributed by atoms with Crippen molar-refractivity contribution in [3.63, 3.8) is 0 Å². The molecule has 0 saturated carbocycles. The fourth-order valence-corrected chi connectivity index (χ4v) is 2.00. The first-order valence-corrected chi connectivity index (χ1v) is 7.22. The second kappa shape index (κ2) is 7.54. The zero-order valence-corrected chi connectivity index (χ0v) is 13.2. The Kier molecular flexibility index (Phi) is 5.47. The number of amides is 2. The van der Waals surface area contributed by atoms with Crippen LogP contribution in [0.5, 0.6) is 0 Å². The molecule has 0 unspecified atom stereocenters. The number of nitrogens with one attached hydrogen (secondary N) is 3. The first-order chi connectivity index (χ1) is 11.3. The molecule has 0 aliphatic carbocycles.